The summed E-state index contributed by atoms with van der Waals surface area (Å²) in [4.78, 5) is 19.2. The lowest BCUT2D eigenvalue weighted by Gasteiger charge is -2.19. The number of H-pyrrole nitrogens is 1. The fourth-order valence-corrected chi connectivity index (χ4v) is 2.60. The summed E-state index contributed by atoms with van der Waals surface area (Å²) < 4.78 is 10.9. The van der Waals surface area contributed by atoms with Gasteiger partial charge in [-0.1, -0.05) is 20.8 Å². The molecule has 0 aliphatic heterocycles. The highest BCUT2D eigenvalue weighted by Crippen LogP contribution is 2.22. The third kappa shape index (κ3) is 5.19. The zero-order valence-electron chi connectivity index (χ0n) is 11.9. The summed E-state index contributed by atoms with van der Waals surface area (Å²) in [7, 11) is 1.64. The Balaban J connectivity index is 2.75. The molecule has 6 heteroatoms. The van der Waals surface area contributed by atoms with Gasteiger partial charge < -0.3 is 14.5 Å². The molecule has 19 heavy (non-hydrogen) atoms. The maximum atomic E-state index is 11.9. The second kappa shape index (κ2) is 7.35. The Bertz CT molecular complexity index is 466. The second-order valence-corrected chi connectivity index (χ2v) is 6.36. The van der Waals surface area contributed by atoms with Crippen LogP contribution in [0.2, 0.25) is 0 Å². The van der Waals surface area contributed by atoms with Crippen LogP contribution in [0.25, 0.3) is 0 Å². The highest BCUT2D eigenvalue weighted by atomic mass is 127. The summed E-state index contributed by atoms with van der Waals surface area (Å²) in [5.74, 6) is 0.674. The average molecular weight is 380 g/mol. The van der Waals surface area contributed by atoms with E-state index >= 15 is 0 Å². The number of aromatic nitrogens is 2. The van der Waals surface area contributed by atoms with Gasteiger partial charge in [0.1, 0.15) is 9.39 Å². The van der Waals surface area contributed by atoms with Crippen molar-refractivity contribution in [3.63, 3.8) is 0 Å². The lowest BCUT2D eigenvalue weighted by molar-refractivity contribution is 0.0716. The zero-order valence-corrected chi connectivity index (χ0v) is 14.0. The van der Waals surface area contributed by atoms with Crippen molar-refractivity contribution in [2.75, 3.05) is 26.9 Å². The van der Waals surface area contributed by atoms with Gasteiger partial charge in [-0.05, 0) is 22.6 Å². The number of nitrogens with one attached hydrogen (secondary N) is 1. The van der Waals surface area contributed by atoms with Crippen LogP contribution in [0, 0.1) is 3.57 Å². The fraction of sp³-hybridized carbons (Fsp3) is 0.692. The number of nitrogens with zero attached hydrogens (tertiary/aromatic N) is 1. The number of hydrogen-bond acceptors (Lipinski definition) is 4. The highest BCUT2D eigenvalue weighted by Gasteiger charge is 2.21. The number of ether oxygens (including phenoxy) is 2. The molecule has 0 bridgehead atoms. The molecule has 108 valence electrons. The van der Waals surface area contributed by atoms with Gasteiger partial charge in [0.15, 0.2) is 0 Å². The van der Waals surface area contributed by atoms with Crippen molar-refractivity contribution >= 4 is 22.6 Å². The summed E-state index contributed by atoms with van der Waals surface area (Å²) in [5, 5.41) is 0. The van der Waals surface area contributed by atoms with E-state index in [4.69, 9.17) is 9.47 Å². The molecule has 0 radical (unpaired) electrons. The molecule has 0 unspecified atom stereocenters. The smallest absolute Gasteiger partial charge is 0.264 e. The number of rotatable bonds is 6. The van der Waals surface area contributed by atoms with Crippen molar-refractivity contribution in [2.45, 2.75) is 32.6 Å². The lowest BCUT2D eigenvalue weighted by atomic mass is 9.92. The molecule has 0 saturated carbocycles. The number of halogens is 1. The minimum Gasteiger partial charge on any atom is -0.382 e. The van der Waals surface area contributed by atoms with E-state index in [2.05, 4.69) is 30.7 Å². The van der Waals surface area contributed by atoms with Crippen molar-refractivity contribution in [2.24, 2.45) is 0 Å². The summed E-state index contributed by atoms with van der Waals surface area (Å²) in [6, 6.07) is 0. The van der Waals surface area contributed by atoms with Crippen LogP contribution in [0.3, 0.4) is 0 Å². The highest BCUT2D eigenvalue weighted by molar-refractivity contribution is 14.1. The van der Waals surface area contributed by atoms with Crippen molar-refractivity contribution in [3.05, 3.63) is 25.4 Å². The van der Waals surface area contributed by atoms with Crippen molar-refractivity contribution in [1.82, 2.24) is 9.97 Å². The number of hydrogen-bond donors (Lipinski definition) is 1. The molecule has 0 spiro atoms. The SMILES string of the molecule is COCCOCCc1nc(C(C)(C)C)c(I)c(=O)[nH]1. The van der Waals surface area contributed by atoms with E-state index in [9.17, 15) is 4.79 Å². The standard InChI is InChI=1S/C13H21IN2O3/c1-13(2,3)11-10(14)12(17)16-9(15-11)5-6-19-8-7-18-4/h5-8H2,1-4H3,(H,15,16,17). The largest absolute Gasteiger partial charge is 0.382 e. The van der Waals surface area contributed by atoms with Crippen LogP contribution in [0.5, 0.6) is 0 Å². The average Bonchev–Trinajstić information content (AvgIpc) is 2.31. The van der Waals surface area contributed by atoms with Gasteiger partial charge in [0.05, 0.1) is 25.5 Å². The van der Waals surface area contributed by atoms with Crippen LogP contribution in [0.1, 0.15) is 32.3 Å². The molecular formula is C13H21IN2O3. The van der Waals surface area contributed by atoms with Gasteiger partial charge in [0.2, 0.25) is 0 Å². The zero-order chi connectivity index (χ0) is 14.5. The maximum absolute atomic E-state index is 11.9. The molecule has 0 amide bonds. The first-order valence-corrected chi connectivity index (χ1v) is 7.30. The Morgan fingerprint density at radius 1 is 1.26 bits per heavy atom. The van der Waals surface area contributed by atoms with E-state index in [1.165, 1.54) is 0 Å². The number of aromatic amines is 1. The topological polar surface area (TPSA) is 64.2 Å². The minimum absolute atomic E-state index is 0.0765. The first-order chi connectivity index (χ1) is 8.86. The molecule has 0 aromatic carbocycles. The van der Waals surface area contributed by atoms with Gasteiger partial charge in [-0.25, -0.2) is 4.98 Å². The molecule has 1 aromatic rings. The van der Waals surface area contributed by atoms with E-state index in [0.717, 1.165) is 5.69 Å². The van der Waals surface area contributed by atoms with Crippen LogP contribution < -0.4 is 5.56 Å². The quantitative estimate of drug-likeness (QED) is 0.605. The Labute approximate surface area is 127 Å². The first-order valence-electron chi connectivity index (χ1n) is 6.22. The molecule has 1 heterocycles. The summed E-state index contributed by atoms with van der Waals surface area (Å²) in [6.45, 7) is 7.80. The Morgan fingerprint density at radius 3 is 2.53 bits per heavy atom. The van der Waals surface area contributed by atoms with Crippen molar-refractivity contribution < 1.29 is 9.47 Å². The fourth-order valence-electron chi connectivity index (χ4n) is 1.53. The second-order valence-electron chi connectivity index (χ2n) is 5.28. The van der Waals surface area contributed by atoms with E-state index in [-0.39, 0.29) is 11.0 Å². The van der Waals surface area contributed by atoms with Crippen LogP contribution in [-0.4, -0.2) is 36.9 Å². The molecule has 0 aliphatic rings. The lowest BCUT2D eigenvalue weighted by Crippen LogP contribution is -2.26. The van der Waals surface area contributed by atoms with Gasteiger partial charge in [-0.3, -0.25) is 4.79 Å². The first kappa shape index (κ1) is 16.6. The van der Waals surface area contributed by atoms with Gasteiger partial charge >= 0.3 is 0 Å². The van der Waals surface area contributed by atoms with Crippen molar-refractivity contribution in [1.29, 1.82) is 0 Å². The molecule has 1 aromatic heterocycles. The Morgan fingerprint density at radius 2 is 1.95 bits per heavy atom. The normalized spacial score (nSPS) is 11.8. The van der Waals surface area contributed by atoms with Gasteiger partial charge in [0, 0.05) is 18.9 Å². The molecular weight excluding hydrogens is 359 g/mol. The van der Waals surface area contributed by atoms with Crippen LogP contribution in [0.15, 0.2) is 4.79 Å². The van der Waals surface area contributed by atoms with Crippen molar-refractivity contribution in [3.8, 4) is 0 Å². The molecule has 0 aliphatic carbocycles. The van der Waals surface area contributed by atoms with E-state index in [1.807, 2.05) is 22.6 Å². The summed E-state index contributed by atoms with van der Waals surface area (Å²) >= 11 is 2.05. The molecule has 0 fully saturated rings. The van der Waals surface area contributed by atoms with Crippen LogP contribution >= 0.6 is 22.6 Å². The van der Waals surface area contributed by atoms with E-state index in [0.29, 0.717) is 35.6 Å². The summed E-state index contributed by atoms with van der Waals surface area (Å²) in [5.41, 5.74) is 0.618. The predicted octanol–water partition coefficient (Wildman–Crippen LogP) is 1.88. The van der Waals surface area contributed by atoms with Gasteiger partial charge in [-0.15, -0.1) is 0 Å². The third-order valence-electron chi connectivity index (χ3n) is 2.54. The third-order valence-corrected chi connectivity index (χ3v) is 3.54. The predicted molar refractivity (Wildman–Crippen MR) is 82.7 cm³/mol. The molecule has 0 saturated heterocycles. The Kier molecular flexibility index (Phi) is 6.41. The maximum Gasteiger partial charge on any atom is 0.264 e. The molecule has 1 N–H and O–H groups in total. The molecule has 0 atom stereocenters. The number of methoxy groups -OCH3 is 1. The minimum atomic E-state index is -0.142. The van der Waals surface area contributed by atoms with Gasteiger partial charge in [-0.2, -0.15) is 0 Å². The monoisotopic (exact) mass is 380 g/mol. The van der Waals surface area contributed by atoms with Crippen LogP contribution in [-0.2, 0) is 21.3 Å². The Hall–Kier alpha value is -0.470. The van der Waals surface area contributed by atoms with Crippen LogP contribution in [0.4, 0.5) is 0 Å². The summed E-state index contributed by atoms with van der Waals surface area (Å²) in [6.07, 6.45) is 0.596. The van der Waals surface area contributed by atoms with E-state index in [1.54, 1.807) is 7.11 Å². The molecule has 1 rings (SSSR count). The van der Waals surface area contributed by atoms with Gasteiger partial charge in [0.25, 0.3) is 5.56 Å². The van der Waals surface area contributed by atoms with E-state index < -0.39 is 0 Å². The molecule has 5 nitrogen and oxygen atoms in total.